The number of fused-ring (bicyclic) bond motifs is 1. The minimum Gasteiger partial charge on any atom is -0.395 e. The third-order valence-electron chi connectivity index (χ3n) is 5.53. The number of hydrogen-bond donors (Lipinski definition) is 2. The maximum atomic E-state index is 11.9. The highest BCUT2D eigenvalue weighted by molar-refractivity contribution is 7.85. The monoisotopic (exact) mass is 457 g/mol. The van der Waals surface area contributed by atoms with Gasteiger partial charge in [-0.15, -0.1) is 0 Å². The van der Waals surface area contributed by atoms with Crippen molar-refractivity contribution < 1.29 is 9.32 Å². The minimum absolute atomic E-state index is 0.0376. The van der Waals surface area contributed by atoms with Crippen LogP contribution >= 0.6 is 0 Å². The van der Waals surface area contributed by atoms with E-state index in [0.717, 1.165) is 30.2 Å². The average Bonchev–Trinajstić information content (AvgIpc) is 2.83. The molecule has 0 unspecified atom stereocenters. The molecule has 2 aromatic rings. The van der Waals surface area contributed by atoms with E-state index < -0.39 is 10.8 Å². The van der Waals surface area contributed by atoms with Gasteiger partial charge < -0.3 is 14.9 Å². The van der Waals surface area contributed by atoms with E-state index in [4.69, 9.17) is 9.97 Å². The van der Waals surface area contributed by atoms with Gasteiger partial charge in [-0.2, -0.15) is 9.97 Å². The molecule has 1 fully saturated rings. The van der Waals surface area contributed by atoms with Crippen LogP contribution in [0, 0.1) is 0 Å². The van der Waals surface area contributed by atoms with Gasteiger partial charge in [-0.3, -0.25) is 14.2 Å². The highest BCUT2D eigenvalue weighted by Gasteiger charge is 2.27. The van der Waals surface area contributed by atoms with Crippen LogP contribution in [-0.4, -0.2) is 76.5 Å². The second-order valence-corrected chi connectivity index (χ2v) is 9.53. The Hall–Kier alpha value is -2.56. The molecular weight excluding hydrogens is 426 g/mol. The van der Waals surface area contributed by atoms with Gasteiger partial charge in [-0.1, -0.05) is 37.3 Å². The van der Waals surface area contributed by atoms with Crippen molar-refractivity contribution in [3.05, 3.63) is 41.5 Å². The lowest BCUT2D eigenvalue weighted by atomic mass is 10.2. The first-order valence-corrected chi connectivity index (χ1v) is 12.6. The molecule has 172 valence electrons. The Morgan fingerprint density at radius 1 is 1.12 bits per heavy atom. The van der Waals surface area contributed by atoms with Crippen molar-refractivity contribution in [2.45, 2.75) is 19.9 Å². The summed E-state index contributed by atoms with van der Waals surface area (Å²) in [4.78, 5) is 18.6. The Balaban J connectivity index is 1.69. The number of nitrogens with one attached hydrogen (secondary N) is 1. The van der Waals surface area contributed by atoms with Gasteiger partial charge in [0.05, 0.1) is 12.2 Å². The standard InChI is InChI=1S/C22H31N7O2S/c1-2-8-28(9-12-30)22-25-20(27-10-13-32(31)14-11-27)19-16-23-17-29(21(19)26-22)24-15-18-6-4-3-5-7-18/h3-7,16,24,30H,2,8-15,17H2,1H3. The number of benzene rings is 1. The summed E-state index contributed by atoms with van der Waals surface area (Å²) < 4.78 is 11.9. The zero-order chi connectivity index (χ0) is 22.3. The first-order valence-electron chi connectivity index (χ1n) is 11.1. The number of nitrogens with zero attached hydrogens (tertiary/aromatic N) is 6. The molecule has 32 heavy (non-hydrogen) atoms. The number of rotatable bonds is 9. The van der Waals surface area contributed by atoms with Gasteiger partial charge >= 0.3 is 0 Å². The topological polar surface area (TPSA) is 97.2 Å². The normalized spacial score (nSPS) is 16.3. The Kier molecular flexibility index (Phi) is 7.67. The van der Waals surface area contributed by atoms with Crippen LogP contribution in [0.1, 0.15) is 24.5 Å². The molecule has 1 saturated heterocycles. The van der Waals surface area contributed by atoms with Crippen molar-refractivity contribution in [1.82, 2.24) is 15.4 Å². The largest absolute Gasteiger partial charge is 0.395 e. The van der Waals surface area contributed by atoms with Crippen LogP contribution in [0.5, 0.6) is 0 Å². The van der Waals surface area contributed by atoms with E-state index in [2.05, 4.69) is 34.4 Å². The molecule has 10 heteroatoms. The van der Waals surface area contributed by atoms with Gasteiger partial charge in [0.2, 0.25) is 5.95 Å². The van der Waals surface area contributed by atoms with Crippen LogP contribution in [0.3, 0.4) is 0 Å². The number of aliphatic hydroxyl groups excluding tert-OH is 1. The maximum Gasteiger partial charge on any atom is 0.229 e. The van der Waals surface area contributed by atoms with Crippen LogP contribution in [0.25, 0.3) is 0 Å². The molecular formula is C22H31N7O2S. The van der Waals surface area contributed by atoms with E-state index in [1.165, 1.54) is 5.56 Å². The average molecular weight is 458 g/mol. The summed E-state index contributed by atoms with van der Waals surface area (Å²) in [6, 6.07) is 10.2. The molecule has 0 atom stereocenters. The van der Waals surface area contributed by atoms with E-state index >= 15 is 0 Å². The Morgan fingerprint density at radius 2 is 1.88 bits per heavy atom. The number of aliphatic hydroxyl groups is 1. The fourth-order valence-electron chi connectivity index (χ4n) is 3.88. The van der Waals surface area contributed by atoms with E-state index in [1.807, 2.05) is 34.3 Å². The SMILES string of the molecule is CCCN(CCO)c1nc(N2CCS(=O)CC2)c2c(n1)N(NCc1ccccc1)CN=C2. The molecule has 9 nitrogen and oxygen atoms in total. The highest BCUT2D eigenvalue weighted by atomic mass is 32.2. The fraction of sp³-hybridized carbons (Fsp3) is 0.500. The minimum atomic E-state index is -0.773. The van der Waals surface area contributed by atoms with E-state index in [0.29, 0.717) is 50.3 Å². The summed E-state index contributed by atoms with van der Waals surface area (Å²) in [5.74, 6) is 3.47. The summed E-state index contributed by atoms with van der Waals surface area (Å²) in [5.41, 5.74) is 5.50. The predicted octanol–water partition coefficient (Wildman–Crippen LogP) is 1.16. The molecule has 2 aliphatic rings. The van der Waals surface area contributed by atoms with Crippen molar-refractivity contribution in [2.24, 2.45) is 4.99 Å². The number of anilines is 3. The summed E-state index contributed by atoms with van der Waals surface area (Å²) in [7, 11) is -0.773. The third kappa shape index (κ3) is 5.25. The number of hydrazine groups is 1. The highest BCUT2D eigenvalue weighted by Crippen LogP contribution is 2.31. The summed E-state index contributed by atoms with van der Waals surface area (Å²) in [6.45, 7) is 5.86. The molecule has 1 aromatic carbocycles. The second-order valence-electron chi connectivity index (χ2n) is 7.83. The lowest BCUT2D eigenvalue weighted by molar-refractivity contribution is 0.301. The lowest BCUT2D eigenvalue weighted by Crippen LogP contribution is -2.43. The lowest BCUT2D eigenvalue weighted by Gasteiger charge is -2.34. The summed E-state index contributed by atoms with van der Waals surface area (Å²) in [6.07, 6.45) is 2.77. The van der Waals surface area contributed by atoms with Gasteiger partial charge in [-0.25, -0.2) is 5.43 Å². The first-order chi connectivity index (χ1) is 15.7. The van der Waals surface area contributed by atoms with Crippen molar-refractivity contribution in [2.75, 3.05) is 65.8 Å². The summed E-state index contributed by atoms with van der Waals surface area (Å²) >= 11 is 0. The van der Waals surface area contributed by atoms with Crippen LogP contribution in [-0.2, 0) is 17.3 Å². The first kappa shape index (κ1) is 22.6. The molecule has 0 bridgehead atoms. The second kappa shape index (κ2) is 10.8. The van der Waals surface area contributed by atoms with Crippen molar-refractivity contribution in [3.63, 3.8) is 0 Å². The van der Waals surface area contributed by atoms with Gasteiger partial charge in [0.25, 0.3) is 0 Å². The van der Waals surface area contributed by atoms with Crippen molar-refractivity contribution >= 4 is 34.6 Å². The number of aliphatic imine (C=N–C) groups is 1. The summed E-state index contributed by atoms with van der Waals surface area (Å²) in [5, 5.41) is 11.5. The van der Waals surface area contributed by atoms with Crippen LogP contribution in [0.2, 0.25) is 0 Å². The fourth-order valence-corrected chi connectivity index (χ4v) is 4.93. The van der Waals surface area contributed by atoms with Crippen LogP contribution < -0.4 is 20.2 Å². The Labute approximate surface area is 191 Å². The molecule has 2 aliphatic heterocycles. The molecule has 1 aromatic heterocycles. The van der Waals surface area contributed by atoms with Gasteiger partial charge in [-0.05, 0) is 12.0 Å². The van der Waals surface area contributed by atoms with E-state index in [1.54, 1.807) is 0 Å². The predicted molar refractivity (Wildman–Crippen MR) is 130 cm³/mol. The van der Waals surface area contributed by atoms with E-state index in [-0.39, 0.29) is 6.61 Å². The molecule has 0 radical (unpaired) electrons. The van der Waals surface area contributed by atoms with Gasteiger partial charge in [0.1, 0.15) is 12.5 Å². The smallest absolute Gasteiger partial charge is 0.229 e. The van der Waals surface area contributed by atoms with Crippen LogP contribution in [0.4, 0.5) is 17.6 Å². The molecule has 0 aliphatic carbocycles. The van der Waals surface area contributed by atoms with Gasteiger partial charge in [0.15, 0.2) is 5.82 Å². The zero-order valence-corrected chi connectivity index (χ0v) is 19.3. The molecule has 0 amide bonds. The molecule has 2 N–H and O–H groups in total. The van der Waals surface area contributed by atoms with Crippen LogP contribution in [0.15, 0.2) is 35.3 Å². The number of hydrogen-bond acceptors (Lipinski definition) is 9. The Morgan fingerprint density at radius 3 is 2.59 bits per heavy atom. The Bertz CT molecular complexity index is 941. The quantitative estimate of drug-likeness (QED) is 0.579. The molecule has 0 spiro atoms. The third-order valence-corrected chi connectivity index (χ3v) is 6.81. The molecule has 3 heterocycles. The number of aromatic nitrogens is 2. The van der Waals surface area contributed by atoms with E-state index in [9.17, 15) is 9.32 Å². The van der Waals surface area contributed by atoms with Crippen molar-refractivity contribution in [3.8, 4) is 0 Å². The molecule has 0 saturated carbocycles. The maximum absolute atomic E-state index is 11.9. The molecule has 4 rings (SSSR count). The zero-order valence-electron chi connectivity index (χ0n) is 18.5. The van der Waals surface area contributed by atoms with Crippen molar-refractivity contribution in [1.29, 1.82) is 0 Å². The van der Waals surface area contributed by atoms with Gasteiger partial charge in [0, 0.05) is 61.2 Å².